The Morgan fingerprint density at radius 1 is 0.864 bits per heavy atom. The lowest BCUT2D eigenvalue weighted by Gasteiger charge is -2.27. The highest BCUT2D eigenvalue weighted by Crippen LogP contribution is 2.37. The van der Waals surface area contributed by atoms with Crippen LogP contribution in [0.1, 0.15) is 57.1 Å². The zero-order valence-electron chi connectivity index (χ0n) is 14.0. The summed E-state index contributed by atoms with van der Waals surface area (Å²) in [7, 11) is 0. The third-order valence-corrected chi connectivity index (χ3v) is 4.40. The number of hydrogen-bond acceptors (Lipinski definition) is 1. The molecule has 0 saturated heterocycles. The highest BCUT2D eigenvalue weighted by atomic mass is 16.1. The van der Waals surface area contributed by atoms with E-state index in [9.17, 15) is 4.79 Å². The molecule has 2 aromatic carbocycles. The van der Waals surface area contributed by atoms with Crippen LogP contribution in [-0.2, 0) is 4.79 Å². The van der Waals surface area contributed by atoms with Crippen molar-refractivity contribution in [2.75, 3.05) is 0 Å². The Labute approximate surface area is 134 Å². The summed E-state index contributed by atoms with van der Waals surface area (Å²) in [6.07, 6.45) is 0.587. The number of ketones is 1. The smallest absolute Gasteiger partial charge is 0.138 e. The highest BCUT2D eigenvalue weighted by Gasteiger charge is 2.29. The van der Waals surface area contributed by atoms with E-state index in [1.54, 1.807) is 0 Å². The van der Waals surface area contributed by atoms with Gasteiger partial charge < -0.3 is 0 Å². The SMILES string of the molecule is C[C@@H](c1ccccc1)[C@@H](CC(=O)C(C)(C)C)c1ccccc1. The van der Waals surface area contributed by atoms with E-state index >= 15 is 0 Å². The number of carbonyl (C=O) groups excluding carboxylic acids is 1. The minimum Gasteiger partial charge on any atom is -0.299 e. The van der Waals surface area contributed by atoms with Gasteiger partial charge in [-0.3, -0.25) is 4.79 Å². The van der Waals surface area contributed by atoms with Gasteiger partial charge in [0.2, 0.25) is 0 Å². The Hall–Kier alpha value is -1.89. The average molecular weight is 294 g/mol. The fourth-order valence-electron chi connectivity index (χ4n) is 2.78. The number of rotatable bonds is 5. The molecule has 0 radical (unpaired) electrons. The number of benzene rings is 2. The molecule has 0 N–H and O–H groups in total. The van der Waals surface area contributed by atoms with Crippen molar-refractivity contribution in [2.24, 2.45) is 5.41 Å². The van der Waals surface area contributed by atoms with Crippen molar-refractivity contribution >= 4 is 5.78 Å². The third-order valence-electron chi connectivity index (χ3n) is 4.40. The summed E-state index contributed by atoms with van der Waals surface area (Å²) in [6, 6.07) is 20.9. The normalized spacial score (nSPS) is 14.4. The van der Waals surface area contributed by atoms with Crippen LogP contribution in [0.4, 0.5) is 0 Å². The van der Waals surface area contributed by atoms with Gasteiger partial charge in [-0.1, -0.05) is 88.4 Å². The summed E-state index contributed by atoms with van der Waals surface area (Å²) >= 11 is 0. The van der Waals surface area contributed by atoms with Gasteiger partial charge in [-0.2, -0.15) is 0 Å². The molecule has 0 spiro atoms. The van der Waals surface area contributed by atoms with E-state index in [-0.39, 0.29) is 11.3 Å². The van der Waals surface area contributed by atoms with Gasteiger partial charge in [-0.25, -0.2) is 0 Å². The summed E-state index contributed by atoms with van der Waals surface area (Å²) in [5.41, 5.74) is 2.25. The Kier molecular flexibility index (Phi) is 5.18. The molecule has 1 heteroatoms. The second kappa shape index (κ2) is 6.91. The lowest BCUT2D eigenvalue weighted by molar-refractivity contribution is -0.126. The molecule has 1 nitrogen and oxygen atoms in total. The first kappa shape index (κ1) is 16.5. The molecule has 2 aromatic rings. The lowest BCUT2D eigenvalue weighted by Crippen LogP contribution is -2.24. The van der Waals surface area contributed by atoms with Gasteiger partial charge in [0.25, 0.3) is 0 Å². The Balaban J connectivity index is 2.32. The summed E-state index contributed by atoms with van der Waals surface area (Å²) in [5.74, 6) is 0.856. The topological polar surface area (TPSA) is 17.1 Å². The zero-order chi connectivity index (χ0) is 16.2. The molecule has 0 bridgehead atoms. The zero-order valence-corrected chi connectivity index (χ0v) is 14.0. The molecule has 0 aliphatic carbocycles. The Bertz CT molecular complexity index is 593. The standard InChI is InChI=1S/C21H26O/c1-16(17-11-7-5-8-12-17)19(15-20(22)21(2,3)4)18-13-9-6-10-14-18/h5-14,16,19H,15H2,1-4H3/t16-,19+/m0/s1. The van der Waals surface area contributed by atoms with Crippen molar-refractivity contribution in [3.8, 4) is 0 Å². The number of carbonyl (C=O) groups is 1. The van der Waals surface area contributed by atoms with Crippen molar-refractivity contribution in [1.82, 2.24) is 0 Å². The second-order valence-corrected chi connectivity index (χ2v) is 7.09. The van der Waals surface area contributed by atoms with Crippen LogP contribution in [-0.4, -0.2) is 5.78 Å². The first-order chi connectivity index (χ1) is 10.4. The monoisotopic (exact) mass is 294 g/mol. The number of Topliss-reactive ketones (excluding diaryl/α,β-unsaturated/α-hetero) is 1. The van der Waals surface area contributed by atoms with Gasteiger partial charge in [0.15, 0.2) is 0 Å². The number of hydrogen-bond donors (Lipinski definition) is 0. The van der Waals surface area contributed by atoms with E-state index < -0.39 is 0 Å². The van der Waals surface area contributed by atoms with Crippen LogP contribution in [0.3, 0.4) is 0 Å². The fraction of sp³-hybridized carbons (Fsp3) is 0.381. The molecule has 0 unspecified atom stereocenters. The fourth-order valence-corrected chi connectivity index (χ4v) is 2.78. The van der Waals surface area contributed by atoms with Crippen LogP contribution >= 0.6 is 0 Å². The maximum absolute atomic E-state index is 12.6. The second-order valence-electron chi connectivity index (χ2n) is 7.09. The van der Waals surface area contributed by atoms with Crippen LogP contribution in [0.25, 0.3) is 0 Å². The van der Waals surface area contributed by atoms with E-state index in [0.29, 0.717) is 18.1 Å². The third kappa shape index (κ3) is 4.07. The van der Waals surface area contributed by atoms with Gasteiger partial charge in [0.1, 0.15) is 5.78 Å². The van der Waals surface area contributed by atoms with Gasteiger partial charge in [0, 0.05) is 11.8 Å². The molecular weight excluding hydrogens is 268 g/mol. The Morgan fingerprint density at radius 2 is 1.32 bits per heavy atom. The maximum atomic E-state index is 12.6. The Morgan fingerprint density at radius 3 is 1.77 bits per heavy atom. The summed E-state index contributed by atoms with van der Waals surface area (Å²) in [6.45, 7) is 8.24. The van der Waals surface area contributed by atoms with Crippen molar-refractivity contribution in [3.63, 3.8) is 0 Å². The molecule has 0 aliphatic rings. The van der Waals surface area contributed by atoms with E-state index in [2.05, 4.69) is 55.5 Å². The predicted molar refractivity (Wildman–Crippen MR) is 93.1 cm³/mol. The summed E-state index contributed by atoms with van der Waals surface area (Å²) in [4.78, 5) is 12.6. The summed E-state index contributed by atoms with van der Waals surface area (Å²) in [5, 5.41) is 0. The molecule has 2 rings (SSSR count). The summed E-state index contributed by atoms with van der Waals surface area (Å²) < 4.78 is 0. The maximum Gasteiger partial charge on any atom is 0.138 e. The molecule has 0 heterocycles. The van der Waals surface area contributed by atoms with E-state index in [1.807, 2.05) is 32.9 Å². The van der Waals surface area contributed by atoms with Gasteiger partial charge in [-0.05, 0) is 23.0 Å². The molecule has 0 amide bonds. The van der Waals surface area contributed by atoms with E-state index in [0.717, 1.165) is 0 Å². The van der Waals surface area contributed by atoms with E-state index in [1.165, 1.54) is 11.1 Å². The van der Waals surface area contributed by atoms with Crippen LogP contribution in [0.5, 0.6) is 0 Å². The van der Waals surface area contributed by atoms with Gasteiger partial charge in [-0.15, -0.1) is 0 Å². The largest absolute Gasteiger partial charge is 0.299 e. The molecule has 2 atom stereocenters. The highest BCUT2D eigenvalue weighted by molar-refractivity contribution is 5.84. The first-order valence-corrected chi connectivity index (χ1v) is 8.03. The van der Waals surface area contributed by atoms with Crippen molar-refractivity contribution in [3.05, 3.63) is 71.8 Å². The van der Waals surface area contributed by atoms with Crippen molar-refractivity contribution in [1.29, 1.82) is 0 Å². The average Bonchev–Trinajstić information content (AvgIpc) is 2.52. The molecule has 116 valence electrons. The molecule has 0 aliphatic heterocycles. The first-order valence-electron chi connectivity index (χ1n) is 8.03. The molecule has 0 saturated carbocycles. The van der Waals surface area contributed by atoms with Crippen molar-refractivity contribution in [2.45, 2.75) is 46.0 Å². The van der Waals surface area contributed by atoms with Crippen LogP contribution < -0.4 is 0 Å². The molecule has 0 fully saturated rings. The van der Waals surface area contributed by atoms with Crippen LogP contribution in [0, 0.1) is 5.41 Å². The van der Waals surface area contributed by atoms with Gasteiger partial charge >= 0.3 is 0 Å². The minimum absolute atomic E-state index is 0.218. The predicted octanol–water partition coefficient (Wildman–Crippen LogP) is 5.58. The lowest BCUT2D eigenvalue weighted by atomic mass is 9.76. The van der Waals surface area contributed by atoms with Crippen LogP contribution in [0.2, 0.25) is 0 Å². The van der Waals surface area contributed by atoms with Gasteiger partial charge in [0.05, 0.1) is 0 Å². The van der Waals surface area contributed by atoms with E-state index in [4.69, 9.17) is 0 Å². The molecule has 22 heavy (non-hydrogen) atoms. The van der Waals surface area contributed by atoms with Crippen molar-refractivity contribution < 1.29 is 4.79 Å². The molecular formula is C21H26O. The molecule has 0 aromatic heterocycles. The quantitative estimate of drug-likeness (QED) is 0.703. The van der Waals surface area contributed by atoms with Crippen LogP contribution in [0.15, 0.2) is 60.7 Å². The minimum atomic E-state index is -0.288.